The number of carbonyl (C=O) groups is 5. The van der Waals surface area contributed by atoms with Gasteiger partial charge in [-0.15, -0.1) is 0 Å². The molecule has 10 nitrogen and oxygen atoms in total. The molecule has 216 valence electrons. The van der Waals surface area contributed by atoms with Gasteiger partial charge < -0.3 is 15.5 Å². The lowest BCUT2D eigenvalue weighted by Crippen LogP contribution is -2.43. The fraction of sp³-hybridized carbons (Fsp3) is 0.621. The number of hydrogen-bond acceptors (Lipinski definition) is 6. The molecule has 0 unspecified atom stereocenters. The monoisotopic (exact) mass is 544 g/mol. The number of rotatable bonds is 12. The van der Waals surface area contributed by atoms with Crippen LogP contribution in [0.5, 0.6) is 0 Å². The molecule has 1 aromatic rings. The lowest BCUT2D eigenvalue weighted by Gasteiger charge is -2.32. The first-order valence-corrected chi connectivity index (χ1v) is 13.7. The average Bonchev–Trinajstić information content (AvgIpc) is 2.86. The molecule has 0 radical (unpaired) electrons. The van der Waals surface area contributed by atoms with Crippen molar-refractivity contribution in [2.24, 2.45) is 17.3 Å². The molecule has 2 rings (SSSR count). The van der Waals surface area contributed by atoms with Gasteiger partial charge in [-0.1, -0.05) is 46.8 Å². The largest absolute Gasteiger partial charge is 0.345 e. The van der Waals surface area contributed by atoms with Crippen molar-refractivity contribution in [1.29, 1.82) is 0 Å². The van der Waals surface area contributed by atoms with Crippen molar-refractivity contribution in [1.82, 2.24) is 15.7 Å². The molecule has 1 fully saturated rings. The fourth-order valence-electron chi connectivity index (χ4n) is 4.30. The Balaban J connectivity index is 1.68. The first-order chi connectivity index (χ1) is 18.2. The van der Waals surface area contributed by atoms with Crippen LogP contribution in [0.25, 0.3) is 0 Å². The summed E-state index contributed by atoms with van der Waals surface area (Å²) in [5, 5.41) is 5.38. The number of hydroxylamine groups is 1. The summed E-state index contributed by atoms with van der Waals surface area (Å²) in [7, 11) is 0. The highest BCUT2D eigenvalue weighted by atomic mass is 16.6. The highest BCUT2D eigenvalue weighted by Gasteiger charge is 2.28. The SMILES string of the molecule is CC(C)C(=O)C1CCN(C(=O)CCC(=O)N[C@@H](C)C(=O)Nc2ccc(CONC(=O)CC(C)(C)C)cc2)CC1. The number of benzene rings is 1. The lowest BCUT2D eigenvalue weighted by atomic mass is 9.87. The van der Waals surface area contributed by atoms with E-state index in [9.17, 15) is 24.0 Å². The Morgan fingerprint density at radius 2 is 1.56 bits per heavy atom. The maximum Gasteiger partial charge on any atom is 0.246 e. The number of carbonyl (C=O) groups excluding carboxylic acids is 5. The normalized spacial score (nSPS) is 15.0. The van der Waals surface area contributed by atoms with E-state index in [0.29, 0.717) is 38.0 Å². The molecular formula is C29H44N4O6. The van der Waals surface area contributed by atoms with Gasteiger partial charge in [0.25, 0.3) is 0 Å². The van der Waals surface area contributed by atoms with Gasteiger partial charge in [0.1, 0.15) is 11.8 Å². The molecule has 1 aliphatic rings. The van der Waals surface area contributed by atoms with E-state index in [4.69, 9.17) is 4.84 Å². The van der Waals surface area contributed by atoms with Gasteiger partial charge in [-0.05, 0) is 42.9 Å². The highest BCUT2D eigenvalue weighted by molar-refractivity contribution is 5.97. The minimum absolute atomic E-state index is 0.00187. The van der Waals surface area contributed by atoms with Crippen LogP contribution in [-0.2, 0) is 35.4 Å². The molecule has 4 amide bonds. The summed E-state index contributed by atoms with van der Waals surface area (Å²) < 4.78 is 0. The Bertz CT molecular complexity index is 1010. The predicted molar refractivity (Wildman–Crippen MR) is 148 cm³/mol. The smallest absolute Gasteiger partial charge is 0.246 e. The second-order valence-electron chi connectivity index (χ2n) is 11.7. The van der Waals surface area contributed by atoms with E-state index in [1.54, 1.807) is 36.1 Å². The van der Waals surface area contributed by atoms with Crippen LogP contribution in [-0.4, -0.2) is 53.4 Å². The van der Waals surface area contributed by atoms with Crippen LogP contribution < -0.4 is 16.1 Å². The third kappa shape index (κ3) is 11.6. The van der Waals surface area contributed by atoms with Gasteiger partial charge in [-0.25, -0.2) is 5.48 Å². The summed E-state index contributed by atoms with van der Waals surface area (Å²) in [6.45, 7) is 12.5. The molecule has 1 heterocycles. The van der Waals surface area contributed by atoms with E-state index in [0.717, 1.165) is 5.56 Å². The number of hydrogen-bond donors (Lipinski definition) is 3. The number of nitrogens with one attached hydrogen (secondary N) is 3. The fourth-order valence-corrected chi connectivity index (χ4v) is 4.30. The van der Waals surface area contributed by atoms with Crippen LogP contribution in [0.2, 0.25) is 0 Å². The summed E-state index contributed by atoms with van der Waals surface area (Å²) in [6.07, 6.45) is 1.72. The van der Waals surface area contributed by atoms with Crippen LogP contribution in [0.4, 0.5) is 5.69 Å². The summed E-state index contributed by atoms with van der Waals surface area (Å²) in [5.74, 6) is -0.815. The number of ketones is 1. The molecule has 39 heavy (non-hydrogen) atoms. The third-order valence-electron chi connectivity index (χ3n) is 6.49. The molecule has 0 aromatic heterocycles. The van der Waals surface area contributed by atoms with Crippen molar-refractivity contribution >= 4 is 35.1 Å². The van der Waals surface area contributed by atoms with E-state index in [2.05, 4.69) is 16.1 Å². The molecule has 0 saturated carbocycles. The molecule has 1 aliphatic heterocycles. The highest BCUT2D eigenvalue weighted by Crippen LogP contribution is 2.22. The molecule has 1 aromatic carbocycles. The van der Waals surface area contributed by atoms with E-state index in [1.165, 1.54) is 0 Å². The first kappa shape index (κ1) is 31.9. The van der Waals surface area contributed by atoms with E-state index in [-0.39, 0.29) is 66.1 Å². The number of amides is 4. The summed E-state index contributed by atoms with van der Waals surface area (Å²) in [5.41, 5.74) is 3.66. The molecule has 0 spiro atoms. The zero-order valence-corrected chi connectivity index (χ0v) is 24.1. The molecule has 0 bridgehead atoms. The van der Waals surface area contributed by atoms with Crippen LogP contribution in [0.3, 0.4) is 0 Å². The predicted octanol–water partition coefficient (Wildman–Crippen LogP) is 3.36. The third-order valence-corrected chi connectivity index (χ3v) is 6.49. The first-order valence-electron chi connectivity index (χ1n) is 13.7. The Labute approximate surface area is 231 Å². The topological polar surface area (TPSA) is 134 Å². The Kier molecular flexibility index (Phi) is 12.1. The van der Waals surface area contributed by atoms with Crippen LogP contribution in [0, 0.1) is 17.3 Å². The van der Waals surface area contributed by atoms with Crippen LogP contribution >= 0.6 is 0 Å². The maximum absolute atomic E-state index is 12.5. The van der Waals surface area contributed by atoms with Gasteiger partial charge in [0.15, 0.2) is 0 Å². The van der Waals surface area contributed by atoms with Gasteiger partial charge in [-0.3, -0.25) is 28.8 Å². The van der Waals surface area contributed by atoms with Gasteiger partial charge >= 0.3 is 0 Å². The van der Waals surface area contributed by atoms with Crippen molar-refractivity contribution in [3.63, 3.8) is 0 Å². The van der Waals surface area contributed by atoms with Gasteiger partial charge in [0.05, 0.1) is 6.61 Å². The molecular weight excluding hydrogens is 500 g/mol. The maximum atomic E-state index is 12.5. The average molecular weight is 545 g/mol. The number of Topliss-reactive ketones (excluding diaryl/α,β-unsaturated/α-hetero) is 1. The number of likely N-dealkylation sites (tertiary alicyclic amines) is 1. The quantitative estimate of drug-likeness (QED) is 0.346. The summed E-state index contributed by atoms with van der Waals surface area (Å²) in [6, 6.07) is 6.16. The number of piperidine rings is 1. The lowest BCUT2D eigenvalue weighted by molar-refractivity contribution is -0.137. The van der Waals surface area contributed by atoms with Gasteiger partial charge in [0, 0.05) is 49.9 Å². The Morgan fingerprint density at radius 3 is 2.13 bits per heavy atom. The van der Waals surface area contributed by atoms with Crippen molar-refractivity contribution in [3.05, 3.63) is 29.8 Å². The van der Waals surface area contributed by atoms with Gasteiger partial charge in [0.2, 0.25) is 23.6 Å². The Morgan fingerprint density at radius 1 is 0.949 bits per heavy atom. The van der Waals surface area contributed by atoms with Crippen molar-refractivity contribution in [2.75, 3.05) is 18.4 Å². The van der Waals surface area contributed by atoms with E-state index < -0.39 is 6.04 Å². The Hall–Kier alpha value is -3.27. The summed E-state index contributed by atoms with van der Waals surface area (Å²) in [4.78, 5) is 68.3. The molecule has 3 N–H and O–H groups in total. The van der Waals surface area contributed by atoms with Crippen LogP contribution in [0.1, 0.15) is 79.2 Å². The number of anilines is 1. The number of nitrogens with zero attached hydrogens (tertiary/aromatic N) is 1. The molecule has 1 saturated heterocycles. The minimum Gasteiger partial charge on any atom is -0.345 e. The van der Waals surface area contributed by atoms with E-state index >= 15 is 0 Å². The zero-order valence-electron chi connectivity index (χ0n) is 24.1. The van der Waals surface area contributed by atoms with Crippen LogP contribution in [0.15, 0.2) is 24.3 Å². The zero-order chi connectivity index (χ0) is 29.2. The minimum atomic E-state index is -0.786. The standard InChI is InChI=1S/C29H44N4O6/c1-19(2)27(37)22-13-15-33(16-14-22)26(36)12-11-24(34)30-20(3)28(38)31-23-9-7-21(8-10-23)18-39-32-25(35)17-29(4,5)6/h7-10,19-20,22H,11-18H2,1-6H3,(H,30,34)(H,31,38)(H,32,35)/t20-/m0/s1. The van der Waals surface area contributed by atoms with Gasteiger partial charge in [-0.2, -0.15) is 0 Å². The molecule has 1 atom stereocenters. The molecule has 10 heteroatoms. The summed E-state index contributed by atoms with van der Waals surface area (Å²) >= 11 is 0. The molecule has 0 aliphatic carbocycles. The van der Waals surface area contributed by atoms with Crippen molar-refractivity contribution in [2.45, 2.75) is 86.3 Å². The van der Waals surface area contributed by atoms with E-state index in [1.807, 2.05) is 34.6 Å². The van der Waals surface area contributed by atoms with Crippen molar-refractivity contribution in [3.8, 4) is 0 Å². The van der Waals surface area contributed by atoms with Crippen molar-refractivity contribution < 1.29 is 28.8 Å². The second-order valence-corrected chi connectivity index (χ2v) is 11.7. The second kappa shape index (κ2) is 14.8.